The van der Waals surface area contributed by atoms with Crippen LogP contribution in [0.1, 0.15) is 46.0 Å². The highest BCUT2D eigenvalue weighted by Gasteiger charge is 2.29. The van der Waals surface area contributed by atoms with Crippen molar-refractivity contribution in [2.75, 3.05) is 24.5 Å². The summed E-state index contributed by atoms with van der Waals surface area (Å²) in [5, 5.41) is 0. The van der Waals surface area contributed by atoms with Gasteiger partial charge in [-0.3, -0.25) is 4.79 Å². The summed E-state index contributed by atoms with van der Waals surface area (Å²) >= 11 is 0. The normalized spacial score (nSPS) is 17.2. The van der Waals surface area contributed by atoms with Gasteiger partial charge in [-0.15, -0.1) is 0 Å². The average molecular weight is 326 g/mol. The molecule has 0 aromatic carbocycles. The number of carbonyl (C=O) groups excluding carboxylic acids is 1. The van der Waals surface area contributed by atoms with Crippen molar-refractivity contribution >= 4 is 11.7 Å². The molecule has 126 valence electrons. The summed E-state index contributed by atoms with van der Waals surface area (Å²) in [6.45, 7) is 7.16. The van der Waals surface area contributed by atoms with Crippen LogP contribution in [0.2, 0.25) is 0 Å². The van der Waals surface area contributed by atoms with E-state index in [1.54, 1.807) is 6.26 Å². The molecule has 0 N–H and O–H groups in total. The van der Waals surface area contributed by atoms with Crippen LogP contribution < -0.4 is 4.90 Å². The minimum atomic E-state index is -0.0536. The highest BCUT2D eigenvalue weighted by atomic mass is 16.3. The number of amides is 1. The van der Waals surface area contributed by atoms with Gasteiger partial charge in [0.15, 0.2) is 5.76 Å². The summed E-state index contributed by atoms with van der Waals surface area (Å²) in [5.74, 6) is 2.24. The largest absolute Gasteiger partial charge is 0.459 e. The van der Waals surface area contributed by atoms with E-state index in [1.807, 2.05) is 24.8 Å². The molecule has 1 fully saturated rings. The Hall–Kier alpha value is -2.37. The minimum absolute atomic E-state index is 0.0536. The fraction of sp³-hybridized carbons (Fsp3) is 0.500. The van der Waals surface area contributed by atoms with Gasteiger partial charge in [-0.1, -0.05) is 0 Å². The molecule has 2 aromatic heterocycles. The molecular weight excluding hydrogens is 304 g/mol. The molecule has 1 saturated heterocycles. The monoisotopic (exact) mass is 326 g/mol. The molecule has 0 aliphatic carbocycles. The Balaban J connectivity index is 1.63. The van der Waals surface area contributed by atoms with E-state index in [9.17, 15) is 4.79 Å². The molecule has 6 heteroatoms. The molecule has 4 rings (SSSR count). The van der Waals surface area contributed by atoms with Crippen LogP contribution in [0.3, 0.4) is 0 Å². The zero-order valence-electron chi connectivity index (χ0n) is 14.2. The maximum absolute atomic E-state index is 12.7. The van der Waals surface area contributed by atoms with Crippen molar-refractivity contribution in [1.29, 1.82) is 0 Å². The SMILES string of the molecule is Cc1nc2c(c(N3CCCC3)n1)CCN(C(=O)c1occc1C)C2. The standard InChI is InChI=1S/C18H22N4O2/c1-12-6-10-24-16(12)18(23)22-9-5-14-15(11-22)19-13(2)20-17(14)21-7-3-4-8-21/h6,10H,3-5,7-9,11H2,1-2H3. The van der Waals surface area contributed by atoms with Crippen LogP contribution in [0.4, 0.5) is 5.82 Å². The molecule has 2 aromatic rings. The Kier molecular flexibility index (Phi) is 3.75. The van der Waals surface area contributed by atoms with Crippen molar-refractivity contribution in [3.63, 3.8) is 0 Å². The second kappa shape index (κ2) is 5.92. The molecule has 0 spiro atoms. The number of anilines is 1. The summed E-state index contributed by atoms with van der Waals surface area (Å²) in [6, 6.07) is 1.82. The minimum Gasteiger partial charge on any atom is -0.459 e. The lowest BCUT2D eigenvalue weighted by Crippen LogP contribution is -2.38. The summed E-state index contributed by atoms with van der Waals surface area (Å²) in [5.41, 5.74) is 3.07. The first kappa shape index (κ1) is 15.2. The third-order valence-corrected chi connectivity index (χ3v) is 4.90. The van der Waals surface area contributed by atoms with Gasteiger partial charge in [0.25, 0.3) is 5.91 Å². The van der Waals surface area contributed by atoms with Crippen molar-refractivity contribution < 1.29 is 9.21 Å². The molecule has 1 amide bonds. The number of furan rings is 1. The van der Waals surface area contributed by atoms with Crippen molar-refractivity contribution in [1.82, 2.24) is 14.9 Å². The first-order chi connectivity index (χ1) is 11.6. The maximum atomic E-state index is 12.7. The Labute approximate surface area is 141 Å². The van der Waals surface area contributed by atoms with Crippen LogP contribution >= 0.6 is 0 Å². The first-order valence-corrected chi connectivity index (χ1v) is 8.58. The Morgan fingerprint density at radius 1 is 1.17 bits per heavy atom. The van der Waals surface area contributed by atoms with Gasteiger partial charge < -0.3 is 14.2 Å². The third kappa shape index (κ3) is 2.56. The van der Waals surface area contributed by atoms with Crippen LogP contribution in [-0.4, -0.2) is 40.4 Å². The molecule has 0 unspecified atom stereocenters. The van der Waals surface area contributed by atoms with E-state index in [1.165, 1.54) is 18.4 Å². The van der Waals surface area contributed by atoms with Gasteiger partial charge in [0, 0.05) is 30.8 Å². The Morgan fingerprint density at radius 3 is 2.67 bits per heavy atom. The van der Waals surface area contributed by atoms with Gasteiger partial charge in [-0.2, -0.15) is 0 Å². The Morgan fingerprint density at radius 2 is 1.96 bits per heavy atom. The number of hydrogen-bond donors (Lipinski definition) is 0. The molecule has 0 bridgehead atoms. The lowest BCUT2D eigenvalue weighted by molar-refractivity contribution is 0.0698. The maximum Gasteiger partial charge on any atom is 0.290 e. The van der Waals surface area contributed by atoms with E-state index >= 15 is 0 Å². The molecule has 2 aliphatic rings. The van der Waals surface area contributed by atoms with Gasteiger partial charge in [-0.05, 0) is 39.2 Å². The molecular formula is C18H22N4O2. The number of hydrogen-bond acceptors (Lipinski definition) is 5. The molecule has 4 heterocycles. The summed E-state index contributed by atoms with van der Waals surface area (Å²) < 4.78 is 5.36. The highest BCUT2D eigenvalue weighted by Crippen LogP contribution is 2.29. The number of aromatic nitrogens is 2. The second-order valence-electron chi connectivity index (χ2n) is 6.62. The van der Waals surface area contributed by atoms with E-state index in [-0.39, 0.29) is 5.91 Å². The van der Waals surface area contributed by atoms with E-state index in [2.05, 4.69) is 9.88 Å². The fourth-order valence-corrected chi connectivity index (χ4v) is 3.63. The van der Waals surface area contributed by atoms with Gasteiger partial charge in [-0.25, -0.2) is 9.97 Å². The van der Waals surface area contributed by atoms with Crippen molar-refractivity contribution in [2.45, 2.75) is 39.7 Å². The lowest BCUT2D eigenvalue weighted by Gasteiger charge is -2.31. The van der Waals surface area contributed by atoms with Crippen LogP contribution in [0, 0.1) is 13.8 Å². The number of carbonyl (C=O) groups is 1. The van der Waals surface area contributed by atoms with Crippen molar-refractivity contribution in [3.8, 4) is 0 Å². The predicted octanol–water partition coefficient (Wildman–Crippen LogP) is 2.49. The average Bonchev–Trinajstić information content (AvgIpc) is 3.24. The summed E-state index contributed by atoms with van der Waals surface area (Å²) in [7, 11) is 0. The smallest absolute Gasteiger partial charge is 0.290 e. The van der Waals surface area contributed by atoms with Gasteiger partial charge in [0.2, 0.25) is 0 Å². The first-order valence-electron chi connectivity index (χ1n) is 8.58. The van der Waals surface area contributed by atoms with Gasteiger partial charge >= 0.3 is 0 Å². The molecule has 0 radical (unpaired) electrons. The lowest BCUT2D eigenvalue weighted by atomic mass is 10.0. The van der Waals surface area contributed by atoms with Crippen LogP contribution in [-0.2, 0) is 13.0 Å². The van der Waals surface area contributed by atoms with Crippen molar-refractivity contribution in [2.24, 2.45) is 0 Å². The topological polar surface area (TPSA) is 62.5 Å². The fourth-order valence-electron chi connectivity index (χ4n) is 3.63. The van der Waals surface area contributed by atoms with Crippen molar-refractivity contribution in [3.05, 3.63) is 40.7 Å². The summed E-state index contributed by atoms with van der Waals surface area (Å²) in [4.78, 5) is 26.2. The number of rotatable bonds is 2. The highest BCUT2D eigenvalue weighted by molar-refractivity contribution is 5.93. The van der Waals surface area contributed by atoms with Crippen LogP contribution in [0.15, 0.2) is 16.7 Å². The molecule has 6 nitrogen and oxygen atoms in total. The Bertz CT molecular complexity index is 777. The quantitative estimate of drug-likeness (QED) is 0.848. The van der Waals surface area contributed by atoms with E-state index in [0.29, 0.717) is 18.8 Å². The number of fused-ring (bicyclic) bond motifs is 1. The molecule has 2 aliphatic heterocycles. The predicted molar refractivity (Wildman–Crippen MR) is 90.1 cm³/mol. The van der Waals surface area contributed by atoms with Crippen LogP contribution in [0.5, 0.6) is 0 Å². The molecule has 0 atom stereocenters. The summed E-state index contributed by atoms with van der Waals surface area (Å²) in [6.07, 6.45) is 4.81. The number of aryl methyl sites for hydroxylation is 2. The second-order valence-corrected chi connectivity index (χ2v) is 6.62. The molecule has 24 heavy (non-hydrogen) atoms. The zero-order valence-corrected chi connectivity index (χ0v) is 14.2. The van der Waals surface area contributed by atoms with Gasteiger partial charge in [0.1, 0.15) is 11.6 Å². The van der Waals surface area contributed by atoms with E-state index in [0.717, 1.165) is 42.4 Å². The third-order valence-electron chi connectivity index (χ3n) is 4.90. The number of nitrogens with zero attached hydrogens (tertiary/aromatic N) is 4. The van der Waals surface area contributed by atoms with E-state index in [4.69, 9.17) is 9.40 Å². The molecule has 0 saturated carbocycles. The van der Waals surface area contributed by atoms with E-state index < -0.39 is 0 Å². The zero-order chi connectivity index (χ0) is 16.7. The van der Waals surface area contributed by atoms with Crippen LogP contribution in [0.25, 0.3) is 0 Å². The van der Waals surface area contributed by atoms with Gasteiger partial charge in [0.05, 0.1) is 18.5 Å².